The van der Waals surface area contributed by atoms with Gasteiger partial charge in [0.15, 0.2) is 0 Å². The molecule has 0 spiro atoms. The number of nitrogens with two attached hydrogens (primary N) is 1. The Labute approximate surface area is 223 Å². The average Bonchev–Trinajstić information content (AvgIpc) is 3.21. The molecule has 0 aromatic heterocycles. The van der Waals surface area contributed by atoms with Crippen LogP contribution in [-0.4, -0.2) is 64.7 Å². The van der Waals surface area contributed by atoms with Gasteiger partial charge in [0.1, 0.15) is 12.1 Å². The van der Waals surface area contributed by atoms with Crippen molar-refractivity contribution in [2.45, 2.75) is 71.1 Å². The molecule has 1 aliphatic rings. The molecule has 2 rings (SSSR count). The van der Waals surface area contributed by atoms with Gasteiger partial charge < -0.3 is 26.8 Å². The van der Waals surface area contributed by atoms with E-state index in [1.807, 2.05) is 0 Å². The standard InChI is InChI=1S/C27H39N5O6/c1-18(2)25(31-22(34)8-4-3-5-16-32-23(35)13-14-24(32)36)27(38)30-21(7-6-15-28)26(37)29-20-11-9-19(17-33)10-12-20/h9-14,18,21,25,33H,3-8,15-17,28H2,1-2H3,(H,29,37)(H,30,38)(H,31,34)/t21-,25+/m0/s1. The van der Waals surface area contributed by atoms with Crippen molar-refractivity contribution in [1.82, 2.24) is 15.5 Å². The van der Waals surface area contributed by atoms with Crippen LogP contribution in [-0.2, 0) is 30.6 Å². The Morgan fingerprint density at radius 1 is 0.921 bits per heavy atom. The summed E-state index contributed by atoms with van der Waals surface area (Å²) < 4.78 is 0. The van der Waals surface area contributed by atoms with Crippen molar-refractivity contribution in [2.75, 3.05) is 18.4 Å². The Balaban J connectivity index is 1.86. The molecule has 2 atom stereocenters. The van der Waals surface area contributed by atoms with E-state index >= 15 is 0 Å². The summed E-state index contributed by atoms with van der Waals surface area (Å²) in [5, 5.41) is 17.5. The van der Waals surface area contributed by atoms with Gasteiger partial charge in [-0.1, -0.05) is 32.4 Å². The van der Waals surface area contributed by atoms with Crippen LogP contribution in [0.5, 0.6) is 0 Å². The number of rotatable bonds is 16. The summed E-state index contributed by atoms with van der Waals surface area (Å²) >= 11 is 0. The third kappa shape index (κ3) is 9.71. The summed E-state index contributed by atoms with van der Waals surface area (Å²) in [5.41, 5.74) is 6.86. The number of anilines is 1. The van der Waals surface area contributed by atoms with Crippen LogP contribution >= 0.6 is 0 Å². The van der Waals surface area contributed by atoms with Crippen LogP contribution in [0.15, 0.2) is 36.4 Å². The van der Waals surface area contributed by atoms with Gasteiger partial charge in [-0.05, 0) is 55.8 Å². The van der Waals surface area contributed by atoms with Crippen molar-refractivity contribution in [3.05, 3.63) is 42.0 Å². The largest absolute Gasteiger partial charge is 0.392 e. The van der Waals surface area contributed by atoms with E-state index in [4.69, 9.17) is 5.73 Å². The Morgan fingerprint density at radius 3 is 2.16 bits per heavy atom. The Morgan fingerprint density at radius 2 is 1.58 bits per heavy atom. The number of imide groups is 1. The van der Waals surface area contributed by atoms with Gasteiger partial charge in [0.2, 0.25) is 17.7 Å². The highest BCUT2D eigenvalue weighted by Gasteiger charge is 2.28. The number of hydrogen-bond acceptors (Lipinski definition) is 7. The highest BCUT2D eigenvalue weighted by molar-refractivity contribution is 6.12. The summed E-state index contributed by atoms with van der Waals surface area (Å²) in [5.74, 6) is -2.01. The van der Waals surface area contributed by atoms with Crippen LogP contribution in [0.25, 0.3) is 0 Å². The molecule has 1 aliphatic heterocycles. The zero-order valence-corrected chi connectivity index (χ0v) is 22.1. The number of aliphatic hydroxyl groups is 1. The van der Waals surface area contributed by atoms with Crippen LogP contribution in [0.1, 0.15) is 57.9 Å². The fraction of sp³-hybridized carbons (Fsp3) is 0.519. The molecule has 1 aromatic rings. The van der Waals surface area contributed by atoms with E-state index in [1.54, 1.807) is 38.1 Å². The summed E-state index contributed by atoms with van der Waals surface area (Å²) in [7, 11) is 0. The number of unbranched alkanes of at least 4 members (excludes halogenated alkanes) is 2. The molecule has 6 N–H and O–H groups in total. The highest BCUT2D eigenvalue weighted by atomic mass is 16.3. The van der Waals surface area contributed by atoms with Crippen LogP contribution < -0.4 is 21.7 Å². The molecule has 0 fully saturated rings. The lowest BCUT2D eigenvalue weighted by Gasteiger charge is -2.25. The lowest BCUT2D eigenvalue weighted by atomic mass is 10.0. The number of hydrogen-bond donors (Lipinski definition) is 5. The molecule has 11 nitrogen and oxygen atoms in total. The van der Waals surface area contributed by atoms with E-state index < -0.39 is 23.9 Å². The molecule has 0 radical (unpaired) electrons. The van der Waals surface area contributed by atoms with Crippen molar-refractivity contribution in [2.24, 2.45) is 11.7 Å². The van der Waals surface area contributed by atoms with Gasteiger partial charge in [0.25, 0.3) is 11.8 Å². The zero-order chi connectivity index (χ0) is 28.1. The monoisotopic (exact) mass is 529 g/mol. The molecule has 0 saturated heterocycles. The number of nitrogens with one attached hydrogen (secondary N) is 3. The van der Waals surface area contributed by atoms with Gasteiger partial charge in [-0.25, -0.2) is 0 Å². The quantitative estimate of drug-likeness (QED) is 0.157. The number of benzene rings is 1. The minimum Gasteiger partial charge on any atom is -0.392 e. The molecule has 0 unspecified atom stereocenters. The normalized spacial score (nSPS) is 14.5. The minimum absolute atomic E-state index is 0.107. The maximum atomic E-state index is 13.1. The fourth-order valence-corrected chi connectivity index (χ4v) is 3.94. The number of amides is 5. The maximum absolute atomic E-state index is 13.1. The first-order chi connectivity index (χ1) is 18.2. The van der Waals surface area contributed by atoms with E-state index in [1.165, 1.54) is 17.1 Å². The molecular weight excluding hydrogens is 490 g/mol. The molecule has 11 heteroatoms. The van der Waals surface area contributed by atoms with Gasteiger partial charge in [-0.15, -0.1) is 0 Å². The topological polar surface area (TPSA) is 171 Å². The van der Waals surface area contributed by atoms with Crippen molar-refractivity contribution in [3.8, 4) is 0 Å². The second-order valence-corrected chi connectivity index (χ2v) is 9.60. The van der Waals surface area contributed by atoms with Crippen molar-refractivity contribution >= 4 is 35.2 Å². The van der Waals surface area contributed by atoms with Crippen molar-refractivity contribution < 1.29 is 29.1 Å². The van der Waals surface area contributed by atoms with E-state index in [0.29, 0.717) is 56.4 Å². The summed E-state index contributed by atoms with van der Waals surface area (Å²) in [4.78, 5) is 62.8. The average molecular weight is 530 g/mol. The fourth-order valence-electron chi connectivity index (χ4n) is 3.94. The number of aliphatic hydroxyl groups excluding tert-OH is 1. The van der Waals surface area contributed by atoms with E-state index in [-0.39, 0.29) is 36.7 Å². The SMILES string of the molecule is CC(C)[C@@H](NC(=O)CCCCCN1C(=O)C=CC1=O)C(=O)N[C@@H](CCCN)C(=O)Nc1ccc(CO)cc1. The lowest BCUT2D eigenvalue weighted by molar-refractivity contribution is -0.137. The van der Waals surface area contributed by atoms with Crippen LogP contribution in [0.2, 0.25) is 0 Å². The number of carbonyl (C=O) groups excluding carboxylic acids is 5. The second-order valence-electron chi connectivity index (χ2n) is 9.60. The van der Waals surface area contributed by atoms with Gasteiger partial charge in [0.05, 0.1) is 6.61 Å². The smallest absolute Gasteiger partial charge is 0.253 e. The second kappa shape index (κ2) is 15.6. The Bertz CT molecular complexity index is 990. The predicted octanol–water partition coefficient (Wildman–Crippen LogP) is 0.967. The summed E-state index contributed by atoms with van der Waals surface area (Å²) in [6.45, 7) is 4.16. The van der Waals surface area contributed by atoms with E-state index in [0.717, 1.165) is 0 Å². The third-order valence-electron chi connectivity index (χ3n) is 6.19. The predicted molar refractivity (Wildman–Crippen MR) is 142 cm³/mol. The summed E-state index contributed by atoms with van der Waals surface area (Å²) in [6, 6.07) is 5.05. The molecular formula is C27H39N5O6. The van der Waals surface area contributed by atoms with Gasteiger partial charge in [-0.3, -0.25) is 28.9 Å². The molecule has 0 aliphatic carbocycles. The van der Waals surface area contributed by atoms with Crippen molar-refractivity contribution in [1.29, 1.82) is 0 Å². The molecule has 1 aromatic carbocycles. The first-order valence-electron chi connectivity index (χ1n) is 13.0. The van der Waals surface area contributed by atoms with Gasteiger partial charge >= 0.3 is 0 Å². The first-order valence-corrected chi connectivity index (χ1v) is 13.0. The maximum Gasteiger partial charge on any atom is 0.253 e. The highest BCUT2D eigenvalue weighted by Crippen LogP contribution is 2.12. The molecule has 208 valence electrons. The van der Waals surface area contributed by atoms with Crippen LogP contribution in [0.4, 0.5) is 5.69 Å². The summed E-state index contributed by atoms with van der Waals surface area (Å²) in [6.07, 6.45) is 5.30. The van der Waals surface area contributed by atoms with Crippen molar-refractivity contribution in [3.63, 3.8) is 0 Å². The number of nitrogens with zero attached hydrogens (tertiary/aromatic N) is 1. The van der Waals surface area contributed by atoms with E-state index in [2.05, 4.69) is 16.0 Å². The van der Waals surface area contributed by atoms with Crippen LogP contribution in [0.3, 0.4) is 0 Å². The Kier molecular flexibility index (Phi) is 12.6. The zero-order valence-electron chi connectivity index (χ0n) is 22.1. The Hall–Kier alpha value is -3.57. The molecule has 38 heavy (non-hydrogen) atoms. The first kappa shape index (κ1) is 30.7. The molecule has 1 heterocycles. The third-order valence-corrected chi connectivity index (χ3v) is 6.19. The molecule has 0 bridgehead atoms. The number of carbonyl (C=O) groups is 5. The van der Waals surface area contributed by atoms with Gasteiger partial charge in [0, 0.05) is 30.8 Å². The minimum atomic E-state index is -0.841. The van der Waals surface area contributed by atoms with Gasteiger partial charge in [-0.2, -0.15) is 0 Å². The molecule has 0 saturated carbocycles. The molecule has 5 amide bonds. The van der Waals surface area contributed by atoms with Crippen LogP contribution in [0, 0.1) is 5.92 Å². The van der Waals surface area contributed by atoms with E-state index in [9.17, 15) is 29.1 Å². The lowest BCUT2D eigenvalue weighted by Crippen LogP contribution is -2.54.